The average Bonchev–Trinajstić information content (AvgIpc) is 2.59. The summed E-state index contributed by atoms with van der Waals surface area (Å²) >= 11 is 0. The molecule has 90 valence electrons. The van der Waals surface area contributed by atoms with E-state index >= 15 is 0 Å². The fraction of sp³-hybridized carbons (Fsp3) is 0.778. The van der Waals surface area contributed by atoms with Gasteiger partial charge in [-0.1, -0.05) is 0 Å². The van der Waals surface area contributed by atoms with Crippen LogP contribution in [0.1, 0.15) is 12.8 Å². The molecular weight excluding hydrogens is 216 g/mol. The fourth-order valence-corrected chi connectivity index (χ4v) is 1.92. The Morgan fingerprint density at radius 1 is 1.50 bits per heavy atom. The van der Waals surface area contributed by atoms with Crippen LogP contribution in [0.5, 0.6) is 0 Å². The summed E-state index contributed by atoms with van der Waals surface area (Å²) in [5.74, 6) is -0.307. The van der Waals surface area contributed by atoms with E-state index in [1.165, 1.54) is 4.90 Å². The third kappa shape index (κ3) is 2.01. The van der Waals surface area contributed by atoms with Crippen LogP contribution in [0, 0.1) is 0 Å². The molecule has 2 rings (SSSR count). The van der Waals surface area contributed by atoms with Gasteiger partial charge in [0.1, 0.15) is 12.3 Å². The van der Waals surface area contributed by atoms with Crippen LogP contribution in [-0.2, 0) is 9.53 Å². The molecule has 0 bridgehead atoms. The van der Waals surface area contributed by atoms with Crippen molar-refractivity contribution in [2.75, 3.05) is 13.2 Å². The minimum absolute atomic E-state index is 0.228. The number of imide groups is 1. The van der Waals surface area contributed by atoms with Crippen molar-refractivity contribution in [1.29, 1.82) is 0 Å². The largest absolute Gasteiger partial charge is 0.394 e. The first-order valence-corrected chi connectivity index (χ1v) is 5.16. The molecule has 1 unspecified atom stereocenters. The normalized spacial score (nSPS) is 35.4. The average molecular weight is 230 g/mol. The molecule has 7 heteroatoms. The maximum Gasteiger partial charge on any atom is 0.326 e. The third-order valence-corrected chi connectivity index (χ3v) is 2.82. The lowest BCUT2D eigenvalue weighted by molar-refractivity contribution is -0.123. The lowest BCUT2D eigenvalue weighted by atomic mass is 10.2. The Morgan fingerprint density at radius 3 is 2.81 bits per heavy atom. The predicted molar refractivity (Wildman–Crippen MR) is 51.2 cm³/mol. The summed E-state index contributed by atoms with van der Waals surface area (Å²) in [5.41, 5.74) is 0. The Hall–Kier alpha value is -1.18. The molecule has 3 amide bonds. The van der Waals surface area contributed by atoms with Crippen LogP contribution in [0.25, 0.3) is 0 Å². The van der Waals surface area contributed by atoms with E-state index in [0.717, 1.165) is 0 Å². The maximum atomic E-state index is 11.5. The molecule has 2 fully saturated rings. The molecule has 2 aliphatic rings. The van der Waals surface area contributed by atoms with Gasteiger partial charge in [-0.15, -0.1) is 0 Å². The number of ether oxygens (including phenoxy) is 1. The van der Waals surface area contributed by atoms with Gasteiger partial charge in [0.05, 0.1) is 12.7 Å². The highest BCUT2D eigenvalue weighted by atomic mass is 16.5. The van der Waals surface area contributed by atoms with Gasteiger partial charge in [-0.3, -0.25) is 15.0 Å². The van der Waals surface area contributed by atoms with Gasteiger partial charge in [0.25, 0.3) is 0 Å². The van der Waals surface area contributed by atoms with E-state index in [-0.39, 0.29) is 31.9 Å². The van der Waals surface area contributed by atoms with Crippen LogP contribution in [0.3, 0.4) is 0 Å². The molecular formula is C9H14N2O5. The number of amides is 3. The smallest absolute Gasteiger partial charge is 0.326 e. The van der Waals surface area contributed by atoms with Crippen LogP contribution in [0.2, 0.25) is 0 Å². The van der Waals surface area contributed by atoms with Crippen molar-refractivity contribution in [2.24, 2.45) is 0 Å². The third-order valence-electron chi connectivity index (χ3n) is 2.82. The van der Waals surface area contributed by atoms with Crippen LogP contribution in [0.4, 0.5) is 4.79 Å². The number of rotatable bonds is 2. The van der Waals surface area contributed by atoms with E-state index in [9.17, 15) is 14.7 Å². The van der Waals surface area contributed by atoms with Crippen LogP contribution in [-0.4, -0.2) is 58.6 Å². The van der Waals surface area contributed by atoms with Crippen molar-refractivity contribution in [3.63, 3.8) is 0 Å². The Morgan fingerprint density at radius 2 is 2.25 bits per heavy atom. The Labute approximate surface area is 92.0 Å². The zero-order valence-corrected chi connectivity index (χ0v) is 8.63. The number of nitrogens with zero attached hydrogens (tertiary/aromatic N) is 1. The minimum Gasteiger partial charge on any atom is -0.394 e. The molecule has 0 saturated carbocycles. The molecule has 0 aromatic heterocycles. The summed E-state index contributed by atoms with van der Waals surface area (Å²) in [6.07, 6.45) is -1.52. The van der Waals surface area contributed by atoms with E-state index in [1.807, 2.05) is 0 Å². The van der Waals surface area contributed by atoms with Gasteiger partial charge >= 0.3 is 6.03 Å². The summed E-state index contributed by atoms with van der Waals surface area (Å²) in [6, 6.07) is -0.507. The van der Waals surface area contributed by atoms with E-state index < -0.39 is 24.5 Å². The number of carbonyl (C=O) groups excluding carboxylic acids is 2. The van der Waals surface area contributed by atoms with Crippen molar-refractivity contribution in [3.8, 4) is 0 Å². The number of aliphatic hydroxyl groups is 2. The molecule has 0 radical (unpaired) electrons. The predicted octanol–water partition coefficient (Wildman–Crippen LogP) is -1.60. The monoisotopic (exact) mass is 230 g/mol. The zero-order valence-electron chi connectivity index (χ0n) is 8.63. The van der Waals surface area contributed by atoms with Gasteiger partial charge in [-0.05, 0) is 0 Å². The van der Waals surface area contributed by atoms with Crippen molar-refractivity contribution < 1.29 is 24.5 Å². The number of hydrogen-bond acceptors (Lipinski definition) is 5. The first-order chi connectivity index (χ1) is 7.61. The molecule has 2 saturated heterocycles. The second kappa shape index (κ2) is 4.36. The zero-order chi connectivity index (χ0) is 11.7. The molecule has 0 aromatic rings. The van der Waals surface area contributed by atoms with E-state index in [2.05, 4.69) is 5.32 Å². The number of carbonyl (C=O) groups is 2. The quantitative estimate of drug-likeness (QED) is 0.530. The SMILES string of the molecule is O=C1CCN(C2C[C@H](O)[C@@H](CO)O2)C(=O)N1. The topological polar surface area (TPSA) is 99.1 Å². The van der Waals surface area contributed by atoms with Crippen molar-refractivity contribution in [2.45, 2.75) is 31.3 Å². The van der Waals surface area contributed by atoms with Crippen molar-refractivity contribution >= 4 is 11.9 Å². The molecule has 3 N–H and O–H groups in total. The number of hydrogen-bond donors (Lipinski definition) is 3. The molecule has 2 heterocycles. The van der Waals surface area contributed by atoms with Gasteiger partial charge in [0.2, 0.25) is 5.91 Å². The molecule has 2 aliphatic heterocycles. The van der Waals surface area contributed by atoms with Crippen LogP contribution < -0.4 is 5.32 Å². The second-order valence-corrected chi connectivity index (χ2v) is 3.91. The molecule has 0 aliphatic carbocycles. The van der Waals surface area contributed by atoms with E-state index in [1.54, 1.807) is 0 Å². The number of nitrogens with one attached hydrogen (secondary N) is 1. The highest BCUT2D eigenvalue weighted by Gasteiger charge is 2.40. The summed E-state index contributed by atoms with van der Waals surface area (Å²) < 4.78 is 5.32. The summed E-state index contributed by atoms with van der Waals surface area (Å²) in [7, 11) is 0. The van der Waals surface area contributed by atoms with E-state index in [0.29, 0.717) is 0 Å². The standard InChI is InChI=1S/C9H14N2O5/c12-4-6-5(13)3-8(16-6)11-2-1-7(14)10-9(11)15/h5-6,8,12-13H,1-4H2,(H,10,14,15)/t5-,6+,8?/m0/s1. The molecule has 7 nitrogen and oxygen atoms in total. The second-order valence-electron chi connectivity index (χ2n) is 3.91. The summed E-state index contributed by atoms with van der Waals surface area (Å²) in [5, 5.41) is 20.6. The highest BCUT2D eigenvalue weighted by molar-refractivity contribution is 5.96. The van der Waals surface area contributed by atoms with Gasteiger partial charge in [0, 0.05) is 19.4 Å². The highest BCUT2D eigenvalue weighted by Crippen LogP contribution is 2.24. The minimum atomic E-state index is -0.777. The summed E-state index contributed by atoms with van der Waals surface area (Å²) in [4.78, 5) is 23.8. The Balaban J connectivity index is 1.98. The lowest BCUT2D eigenvalue weighted by Crippen LogP contribution is -2.53. The van der Waals surface area contributed by atoms with Crippen LogP contribution in [0.15, 0.2) is 0 Å². The van der Waals surface area contributed by atoms with Gasteiger partial charge in [-0.2, -0.15) is 0 Å². The van der Waals surface area contributed by atoms with E-state index in [4.69, 9.17) is 9.84 Å². The Bertz CT molecular complexity index is 308. The van der Waals surface area contributed by atoms with Gasteiger partial charge < -0.3 is 14.9 Å². The molecule has 16 heavy (non-hydrogen) atoms. The van der Waals surface area contributed by atoms with Crippen LogP contribution >= 0.6 is 0 Å². The van der Waals surface area contributed by atoms with Crippen molar-refractivity contribution in [3.05, 3.63) is 0 Å². The van der Waals surface area contributed by atoms with Gasteiger partial charge in [0.15, 0.2) is 0 Å². The number of aliphatic hydroxyl groups excluding tert-OH is 2. The maximum absolute atomic E-state index is 11.5. The van der Waals surface area contributed by atoms with Crippen molar-refractivity contribution in [1.82, 2.24) is 10.2 Å². The fourth-order valence-electron chi connectivity index (χ4n) is 1.92. The summed E-state index contributed by atoms with van der Waals surface area (Å²) in [6.45, 7) is -0.00768. The molecule has 3 atom stereocenters. The number of urea groups is 1. The lowest BCUT2D eigenvalue weighted by Gasteiger charge is -2.31. The molecule has 0 spiro atoms. The first kappa shape index (κ1) is 11.3. The first-order valence-electron chi connectivity index (χ1n) is 5.16. The molecule has 0 aromatic carbocycles. The Kier molecular flexibility index (Phi) is 3.08. The van der Waals surface area contributed by atoms with Gasteiger partial charge in [-0.25, -0.2) is 4.79 Å².